The van der Waals surface area contributed by atoms with Gasteiger partial charge in [-0.2, -0.15) is 0 Å². The highest BCUT2D eigenvalue weighted by atomic mass is 16.5. The zero-order chi connectivity index (χ0) is 11.5. The highest BCUT2D eigenvalue weighted by Gasteiger charge is 2.31. The predicted molar refractivity (Wildman–Crippen MR) is 53.4 cm³/mol. The molecule has 86 valence electrons. The lowest BCUT2D eigenvalue weighted by Crippen LogP contribution is -2.41. The van der Waals surface area contributed by atoms with Gasteiger partial charge < -0.3 is 20.4 Å². The van der Waals surface area contributed by atoms with Gasteiger partial charge in [-0.05, 0) is 11.8 Å². The van der Waals surface area contributed by atoms with Gasteiger partial charge >= 0.3 is 0 Å². The summed E-state index contributed by atoms with van der Waals surface area (Å²) in [5.41, 5.74) is 0. The molecule has 4 heteroatoms. The Labute approximate surface area is 85.2 Å². The zero-order valence-electron chi connectivity index (χ0n) is 9.25. The largest absolute Gasteiger partial charge is 0.390 e. The lowest BCUT2D eigenvalue weighted by atomic mass is 9.84. The van der Waals surface area contributed by atoms with Gasteiger partial charge in [-0.15, -0.1) is 0 Å². The van der Waals surface area contributed by atoms with Crippen LogP contribution in [0, 0.1) is 17.8 Å². The molecule has 0 spiro atoms. The fraction of sp³-hybridized carbons (Fsp3) is 1.00. The van der Waals surface area contributed by atoms with Crippen LogP contribution in [0.3, 0.4) is 0 Å². The van der Waals surface area contributed by atoms with E-state index in [9.17, 15) is 10.2 Å². The molecule has 0 bridgehead atoms. The van der Waals surface area contributed by atoms with Crippen molar-refractivity contribution in [2.75, 3.05) is 0 Å². The van der Waals surface area contributed by atoms with Crippen LogP contribution in [0.1, 0.15) is 27.7 Å². The molecule has 4 atom stereocenters. The first-order valence-corrected chi connectivity index (χ1v) is 5.01. The molecule has 0 aromatic rings. The van der Waals surface area contributed by atoms with Crippen LogP contribution in [-0.2, 0) is 0 Å². The molecule has 0 aromatic heterocycles. The second kappa shape index (κ2) is 5.66. The van der Waals surface area contributed by atoms with Gasteiger partial charge in [-0.1, -0.05) is 27.7 Å². The Morgan fingerprint density at radius 1 is 0.643 bits per heavy atom. The fourth-order valence-corrected chi connectivity index (χ4v) is 1.29. The van der Waals surface area contributed by atoms with E-state index in [2.05, 4.69) is 0 Å². The molecule has 0 aliphatic rings. The van der Waals surface area contributed by atoms with Gasteiger partial charge in [0.15, 0.2) is 6.29 Å². The van der Waals surface area contributed by atoms with Gasteiger partial charge in [0.2, 0.25) is 0 Å². The maximum Gasteiger partial charge on any atom is 0.154 e. The monoisotopic (exact) mass is 206 g/mol. The maximum absolute atomic E-state index is 9.70. The average molecular weight is 206 g/mol. The van der Waals surface area contributed by atoms with Crippen molar-refractivity contribution in [1.82, 2.24) is 0 Å². The molecule has 14 heavy (non-hydrogen) atoms. The van der Waals surface area contributed by atoms with Crippen molar-refractivity contribution in [2.45, 2.75) is 46.2 Å². The summed E-state index contributed by atoms with van der Waals surface area (Å²) in [6, 6.07) is 0. The third-order valence-corrected chi connectivity index (χ3v) is 2.87. The lowest BCUT2D eigenvalue weighted by molar-refractivity contribution is -0.125. The molecule has 0 saturated carbocycles. The Hall–Kier alpha value is -0.160. The van der Waals surface area contributed by atoms with E-state index >= 15 is 0 Å². The summed E-state index contributed by atoms with van der Waals surface area (Å²) in [7, 11) is 0. The summed E-state index contributed by atoms with van der Waals surface area (Å²) in [5.74, 6) is -0.860. The number of rotatable bonds is 5. The van der Waals surface area contributed by atoms with E-state index in [1.807, 2.05) is 0 Å². The van der Waals surface area contributed by atoms with Crippen LogP contribution in [0.25, 0.3) is 0 Å². The van der Waals surface area contributed by atoms with Gasteiger partial charge in [-0.3, -0.25) is 0 Å². The summed E-state index contributed by atoms with van der Waals surface area (Å²) < 4.78 is 0. The Morgan fingerprint density at radius 3 is 1.36 bits per heavy atom. The Morgan fingerprint density at radius 2 is 1.07 bits per heavy atom. The molecule has 4 N–H and O–H groups in total. The quantitative estimate of drug-likeness (QED) is 0.475. The van der Waals surface area contributed by atoms with Crippen LogP contribution in [0.4, 0.5) is 0 Å². The molecule has 4 unspecified atom stereocenters. The van der Waals surface area contributed by atoms with Crippen LogP contribution >= 0.6 is 0 Å². The third-order valence-electron chi connectivity index (χ3n) is 2.87. The Bertz CT molecular complexity index is 140. The molecule has 0 radical (unpaired) electrons. The number of hydrogen-bond acceptors (Lipinski definition) is 4. The molecule has 0 rings (SSSR count). The third kappa shape index (κ3) is 3.53. The topological polar surface area (TPSA) is 80.9 Å². The van der Waals surface area contributed by atoms with Crippen LogP contribution < -0.4 is 0 Å². The van der Waals surface area contributed by atoms with E-state index in [-0.39, 0.29) is 11.8 Å². The van der Waals surface area contributed by atoms with E-state index < -0.39 is 24.4 Å². The lowest BCUT2D eigenvalue weighted by Gasteiger charge is -2.31. The fourth-order valence-electron chi connectivity index (χ4n) is 1.29. The number of aliphatic hydroxyl groups is 4. The van der Waals surface area contributed by atoms with Gasteiger partial charge in [-0.25, -0.2) is 0 Å². The highest BCUT2D eigenvalue weighted by molar-refractivity contribution is 4.79. The van der Waals surface area contributed by atoms with Gasteiger partial charge in [0.1, 0.15) is 0 Å². The van der Waals surface area contributed by atoms with Crippen molar-refractivity contribution in [3.8, 4) is 0 Å². The first kappa shape index (κ1) is 13.8. The average Bonchev–Trinajstić information content (AvgIpc) is 2.12. The van der Waals surface area contributed by atoms with Crippen molar-refractivity contribution in [3.63, 3.8) is 0 Å². The van der Waals surface area contributed by atoms with Gasteiger partial charge in [0.25, 0.3) is 0 Å². The van der Waals surface area contributed by atoms with Crippen molar-refractivity contribution in [3.05, 3.63) is 0 Å². The van der Waals surface area contributed by atoms with Gasteiger partial charge in [0.05, 0.1) is 12.2 Å². The Balaban J connectivity index is 4.30. The minimum atomic E-state index is -1.46. The van der Waals surface area contributed by atoms with E-state index in [1.165, 1.54) is 0 Å². The molecule has 0 aromatic carbocycles. The van der Waals surface area contributed by atoms with Crippen molar-refractivity contribution < 1.29 is 20.4 Å². The van der Waals surface area contributed by atoms with E-state index in [4.69, 9.17) is 10.2 Å². The summed E-state index contributed by atoms with van der Waals surface area (Å²) in [5, 5.41) is 37.1. The molecule has 0 heterocycles. The molecular formula is C10H22O4. The normalized spacial score (nSPS) is 21.0. The van der Waals surface area contributed by atoms with Crippen molar-refractivity contribution in [1.29, 1.82) is 0 Å². The first-order valence-electron chi connectivity index (χ1n) is 5.01. The molecule has 0 aliphatic heterocycles. The summed E-state index contributed by atoms with van der Waals surface area (Å²) in [6.07, 6.45) is -3.21. The molecule has 0 aliphatic carbocycles. The van der Waals surface area contributed by atoms with E-state index in [1.54, 1.807) is 27.7 Å². The van der Waals surface area contributed by atoms with Crippen molar-refractivity contribution >= 4 is 0 Å². The van der Waals surface area contributed by atoms with E-state index in [0.29, 0.717) is 0 Å². The molecular weight excluding hydrogens is 184 g/mol. The first-order chi connectivity index (χ1) is 6.29. The summed E-state index contributed by atoms with van der Waals surface area (Å²) in [4.78, 5) is 0. The zero-order valence-corrected chi connectivity index (χ0v) is 9.25. The Kier molecular flexibility index (Phi) is 5.59. The SMILES string of the molecule is CC(C)C(O)C(O)C(C)C(C)C(O)O. The van der Waals surface area contributed by atoms with Gasteiger partial charge in [0, 0.05) is 5.92 Å². The number of aliphatic hydroxyl groups excluding tert-OH is 3. The molecule has 0 saturated heterocycles. The summed E-state index contributed by atoms with van der Waals surface area (Å²) >= 11 is 0. The minimum Gasteiger partial charge on any atom is -0.390 e. The van der Waals surface area contributed by atoms with Crippen LogP contribution in [0.15, 0.2) is 0 Å². The number of hydrogen-bond donors (Lipinski definition) is 4. The molecule has 4 nitrogen and oxygen atoms in total. The molecule has 0 fully saturated rings. The minimum absolute atomic E-state index is 0.0458. The van der Waals surface area contributed by atoms with Crippen LogP contribution in [0.2, 0.25) is 0 Å². The smallest absolute Gasteiger partial charge is 0.154 e. The van der Waals surface area contributed by atoms with Crippen molar-refractivity contribution in [2.24, 2.45) is 17.8 Å². The standard InChI is InChI=1S/C10H22O4/c1-5(2)8(11)9(12)6(3)7(4)10(13)14/h5-14H,1-4H3. The highest BCUT2D eigenvalue weighted by Crippen LogP contribution is 2.22. The van der Waals surface area contributed by atoms with E-state index in [0.717, 1.165) is 0 Å². The second-order valence-corrected chi connectivity index (χ2v) is 4.36. The maximum atomic E-state index is 9.70. The van der Waals surface area contributed by atoms with Crippen LogP contribution in [0.5, 0.6) is 0 Å². The molecule has 0 amide bonds. The van der Waals surface area contributed by atoms with Crippen LogP contribution in [-0.4, -0.2) is 38.9 Å². The summed E-state index contributed by atoms with van der Waals surface area (Å²) in [6.45, 7) is 6.94. The predicted octanol–water partition coefficient (Wildman–Crippen LogP) is -0.0529. The second-order valence-electron chi connectivity index (χ2n) is 4.36.